The predicted molar refractivity (Wildman–Crippen MR) is 116 cm³/mol. The molecule has 1 fully saturated rings. The van der Waals surface area contributed by atoms with Crippen LogP contribution in [-0.2, 0) is 11.3 Å². The largest absolute Gasteiger partial charge is 0.497 e. The summed E-state index contributed by atoms with van der Waals surface area (Å²) < 4.78 is 5.24. The van der Waals surface area contributed by atoms with Gasteiger partial charge >= 0.3 is 0 Å². The monoisotopic (exact) mass is 406 g/mol. The first-order valence-electron chi connectivity index (χ1n) is 9.54. The van der Waals surface area contributed by atoms with Crippen molar-refractivity contribution in [2.45, 2.75) is 19.4 Å². The lowest BCUT2D eigenvalue weighted by Crippen LogP contribution is -2.30. The minimum atomic E-state index is -0.0807. The van der Waals surface area contributed by atoms with Crippen molar-refractivity contribution in [3.63, 3.8) is 0 Å². The maximum atomic E-state index is 13.3. The molecule has 1 aliphatic rings. The van der Waals surface area contributed by atoms with Crippen molar-refractivity contribution >= 4 is 34.5 Å². The third kappa shape index (κ3) is 4.17. The molecule has 4 rings (SSSR count). The lowest BCUT2D eigenvalue weighted by molar-refractivity contribution is -0.117. The van der Waals surface area contributed by atoms with Crippen molar-refractivity contribution in [2.75, 3.05) is 23.5 Å². The van der Waals surface area contributed by atoms with Crippen LogP contribution in [0.1, 0.15) is 28.1 Å². The third-order valence-corrected chi connectivity index (χ3v) is 5.88. The van der Waals surface area contributed by atoms with Crippen molar-refractivity contribution in [1.82, 2.24) is 0 Å². The van der Waals surface area contributed by atoms with E-state index in [2.05, 4.69) is 0 Å². The summed E-state index contributed by atoms with van der Waals surface area (Å²) in [6, 6.07) is 18.8. The molecule has 0 radical (unpaired) electrons. The Bertz CT molecular complexity index is 982. The van der Waals surface area contributed by atoms with Crippen LogP contribution in [-0.4, -0.2) is 25.5 Å². The molecule has 6 heteroatoms. The van der Waals surface area contributed by atoms with E-state index in [1.165, 1.54) is 0 Å². The molecule has 1 aromatic heterocycles. The average Bonchev–Trinajstić information content (AvgIpc) is 3.43. The van der Waals surface area contributed by atoms with E-state index in [-0.39, 0.29) is 11.8 Å². The fourth-order valence-corrected chi connectivity index (χ4v) is 4.15. The van der Waals surface area contributed by atoms with Crippen LogP contribution in [0.15, 0.2) is 66.0 Å². The summed E-state index contributed by atoms with van der Waals surface area (Å²) in [5.74, 6) is 0.807. The Balaban J connectivity index is 1.60. The van der Waals surface area contributed by atoms with Crippen molar-refractivity contribution in [3.8, 4) is 5.75 Å². The summed E-state index contributed by atoms with van der Waals surface area (Å²) >= 11 is 1.62. The number of methoxy groups -OCH3 is 1. The molecule has 0 N–H and O–H groups in total. The quantitative estimate of drug-likeness (QED) is 0.595. The number of rotatable bonds is 6. The van der Waals surface area contributed by atoms with Crippen LogP contribution < -0.4 is 14.5 Å². The zero-order valence-corrected chi connectivity index (χ0v) is 17.0. The molecular weight excluding hydrogens is 384 g/mol. The number of hydrogen-bond donors (Lipinski definition) is 0. The van der Waals surface area contributed by atoms with Gasteiger partial charge in [0, 0.05) is 34.8 Å². The van der Waals surface area contributed by atoms with Gasteiger partial charge in [0.2, 0.25) is 5.91 Å². The first-order chi connectivity index (χ1) is 14.2. The SMILES string of the molecule is COc1ccc(N(Cc2cccs2)C(=O)c2ccc(N3CCCC3=O)cc2)cc1. The number of carbonyl (C=O) groups excluding carboxylic acids is 2. The van der Waals surface area contributed by atoms with Crippen molar-refractivity contribution in [2.24, 2.45) is 0 Å². The second-order valence-corrected chi connectivity index (χ2v) is 7.90. The zero-order chi connectivity index (χ0) is 20.2. The Labute approximate surface area is 174 Å². The molecule has 0 saturated carbocycles. The third-order valence-electron chi connectivity index (χ3n) is 5.02. The van der Waals surface area contributed by atoms with E-state index in [4.69, 9.17) is 4.74 Å². The summed E-state index contributed by atoms with van der Waals surface area (Å²) in [6.07, 6.45) is 1.47. The first kappa shape index (κ1) is 19.2. The fourth-order valence-electron chi connectivity index (χ4n) is 3.46. The number of benzene rings is 2. The number of anilines is 2. The highest BCUT2D eigenvalue weighted by Gasteiger charge is 2.23. The highest BCUT2D eigenvalue weighted by Crippen LogP contribution is 2.26. The topological polar surface area (TPSA) is 49.9 Å². The first-order valence-corrected chi connectivity index (χ1v) is 10.4. The average molecular weight is 407 g/mol. The van der Waals surface area contributed by atoms with Crippen LogP contribution in [0.4, 0.5) is 11.4 Å². The molecule has 0 unspecified atom stereocenters. The van der Waals surface area contributed by atoms with E-state index >= 15 is 0 Å². The van der Waals surface area contributed by atoms with E-state index in [9.17, 15) is 9.59 Å². The Morgan fingerprint density at radius 2 is 1.86 bits per heavy atom. The highest BCUT2D eigenvalue weighted by atomic mass is 32.1. The molecular formula is C23H22N2O3S. The Morgan fingerprint density at radius 1 is 1.10 bits per heavy atom. The molecule has 0 bridgehead atoms. The molecule has 1 saturated heterocycles. The maximum Gasteiger partial charge on any atom is 0.258 e. The van der Waals surface area contributed by atoms with Crippen molar-refractivity contribution in [3.05, 3.63) is 76.5 Å². The molecule has 3 aromatic rings. The summed E-state index contributed by atoms with van der Waals surface area (Å²) in [5.41, 5.74) is 2.24. The number of ether oxygens (including phenoxy) is 1. The molecule has 1 aliphatic heterocycles. The molecule has 0 spiro atoms. The van der Waals surface area contributed by atoms with Crippen LogP contribution in [0.3, 0.4) is 0 Å². The standard InChI is InChI=1S/C23H22N2O3S/c1-28-20-12-10-19(11-13-20)25(16-21-4-3-15-29-21)23(27)17-6-8-18(9-7-17)24-14-2-5-22(24)26/h3-4,6-13,15H,2,5,14,16H2,1H3. The minimum Gasteiger partial charge on any atom is -0.497 e. The second kappa shape index (κ2) is 8.49. The zero-order valence-electron chi connectivity index (χ0n) is 16.2. The number of amides is 2. The molecule has 2 amide bonds. The van der Waals surface area contributed by atoms with E-state index in [1.54, 1.807) is 40.4 Å². The fraction of sp³-hybridized carbons (Fsp3) is 0.217. The van der Waals surface area contributed by atoms with Gasteiger partial charge in [-0.2, -0.15) is 0 Å². The molecule has 5 nitrogen and oxygen atoms in total. The summed E-state index contributed by atoms with van der Waals surface area (Å²) in [4.78, 5) is 29.9. The van der Waals surface area contributed by atoms with Crippen molar-refractivity contribution in [1.29, 1.82) is 0 Å². The Morgan fingerprint density at radius 3 is 2.45 bits per heavy atom. The van der Waals surface area contributed by atoms with E-state index in [1.807, 2.05) is 53.9 Å². The van der Waals surface area contributed by atoms with E-state index in [0.29, 0.717) is 18.5 Å². The second-order valence-electron chi connectivity index (χ2n) is 6.86. The Kier molecular flexibility index (Phi) is 5.62. The van der Waals surface area contributed by atoms with Gasteiger partial charge in [-0.15, -0.1) is 11.3 Å². The minimum absolute atomic E-state index is 0.0807. The smallest absolute Gasteiger partial charge is 0.258 e. The Hall–Kier alpha value is -3.12. The van der Waals surface area contributed by atoms with Gasteiger partial charge < -0.3 is 14.5 Å². The van der Waals surface area contributed by atoms with Crippen LogP contribution in [0.2, 0.25) is 0 Å². The summed E-state index contributed by atoms with van der Waals surface area (Å²) in [7, 11) is 1.62. The van der Waals surface area contributed by atoms with Gasteiger partial charge in [0.25, 0.3) is 5.91 Å². The molecule has 148 valence electrons. The van der Waals surface area contributed by atoms with E-state index < -0.39 is 0 Å². The number of hydrogen-bond acceptors (Lipinski definition) is 4. The predicted octanol–water partition coefficient (Wildman–Crippen LogP) is 4.73. The lowest BCUT2D eigenvalue weighted by atomic mass is 10.1. The molecule has 2 aromatic carbocycles. The van der Waals surface area contributed by atoms with Crippen LogP contribution >= 0.6 is 11.3 Å². The van der Waals surface area contributed by atoms with Crippen molar-refractivity contribution < 1.29 is 14.3 Å². The number of carbonyl (C=O) groups is 2. The van der Waals surface area contributed by atoms with Gasteiger partial charge in [-0.3, -0.25) is 9.59 Å². The van der Waals surface area contributed by atoms with Gasteiger partial charge in [0.1, 0.15) is 5.75 Å². The van der Waals surface area contributed by atoms with Gasteiger partial charge in [0.05, 0.1) is 13.7 Å². The molecule has 2 heterocycles. The van der Waals surface area contributed by atoms with Crippen LogP contribution in [0.5, 0.6) is 5.75 Å². The van der Waals surface area contributed by atoms with Crippen LogP contribution in [0.25, 0.3) is 0 Å². The normalized spacial score (nSPS) is 13.6. The van der Waals surface area contributed by atoms with E-state index in [0.717, 1.165) is 35.0 Å². The molecule has 29 heavy (non-hydrogen) atoms. The van der Waals surface area contributed by atoms with Gasteiger partial charge in [-0.1, -0.05) is 6.07 Å². The summed E-state index contributed by atoms with van der Waals surface area (Å²) in [5, 5.41) is 2.01. The lowest BCUT2D eigenvalue weighted by Gasteiger charge is -2.23. The number of thiophene rings is 1. The van der Waals surface area contributed by atoms with Gasteiger partial charge in [-0.05, 0) is 66.4 Å². The van der Waals surface area contributed by atoms with Crippen LogP contribution in [0, 0.1) is 0 Å². The summed E-state index contributed by atoms with van der Waals surface area (Å²) in [6.45, 7) is 1.23. The molecule has 0 atom stereocenters. The van der Waals surface area contributed by atoms with Gasteiger partial charge in [-0.25, -0.2) is 0 Å². The highest BCUT2D eigenvalue weighted by molar-refractivity contribution is 7.09. The van der Waals surface area contributed by atoms with Gasteiger partial charge in [0.15, 0.2) is 0 Å². The molecule has 0 aliphatic carbocycles. The number of nitrogens with zero attached hydrogens (tertiary/aromatic N) is 2. The maximum absolute atomic E-state index is 13.3.